The van der Waals surface area contributed by atoms with E-state index in [1.54, 1.807) is 0 Å². The molecule has 1 rings (SSSR count). The van der Waals surface area contributed by atoms with Crippen LogP contribution in [-0.2, 0) is 47.6 Å². The molecule has 0 bridgehead atoms. The Morgan fingerprint density at radius 1 is 0.593 bits per heavy atom. The normalized spacial score (nSPS) is 23.6. The minimum Gasteiger partial charge on any atom is -0.463 e. The lowest BCUT2D eigenvalue weighted by molar-refractivity contribution is -0.349. The quantitative estimate of drug-likeness (QED) is 0.0266. The molecule has 0 aliphatic carbocycles. The third kappa shape index (κ3) is 18.9. The van der Waals surface area contributed by atoms with Crippen LogP contribution in [0.4, 0.5) is 0 Å². The van der Waals surface area contributed by atoms with Gasteiger partial charge in [-0.25, -0.2) is 0 Å². The van der Waals surface area contributed by atoms with Gasteiger partial charge >= 0.3 is 23.9 Å². The standard InChI is InChI=1S/C38H68O16/c1-5-9-13-14-18-22-30(44)53-36-35(52-29(43)21-17-12-8-4)34(51-28(42)20-16-11-7-3)26(24-49-27(41)19-15-10-6-2)50-38(36)54-37(48)33(47)32(46)31(45)25(40)23-39/h25-26,31-40,45-48H,5-24H2,1-4H3/t25-,26+,31+,32+,33-,34+,35-,36-,37?,38?/m0/s1/i22D/t22?,25-,26+,31+,32+,33-,34+,35-,36-,37?,38?. The van der Waals surface area contributed by atoms with Crippen LogP contribution in [0.25, 0.3) is 0 Å². The van der Waals surface area contributed by atoms with E-state index < -0.39 is 105 Å². The Balaban J connectivity index is 3.70. The van der Waals surface area contributed by atoms with E-state index in [0.29, 0.717) is 38.5 Å². The fraction of sp³-hybridized carbons (Fsp3) is 0.895. The largest absolute Gasteiger partial charge is 0.463 e. The molecule has 0 spiro atoms. The summed E-state index contributed by atoms with van der Waals surface area (Å²) < 4.78 is 43.0. The number of carbonyl (C=O) groups is 4. The smallest absolute Gasteiger partial charge is 0.306 e. The van der Waals surface area contributed by atoms with Gasteiger partial charge in [-0.05, 0) is 25.7 Å². The van der Waals surface area contributed by atoms with Gasteiger partial charge in [-0.3, -0.25) is 19.2 Å². The third-order valence-electron chi connectivity index (χ3n) is 8.96. The highest BCUT2D eigenvalue weighted by molar-refractivity contribution is 5.72. The van der Waals surface area contributed by atoms with Crippen LogP contribution in [0.15, 0.2) is 0 Å². The highest BCUT2D eigenvalue weighted by atomic mass is 16.8. The molecule has 0 saturated carbocycles. The summed E-state index contributed by atoms with van der Waals surface area (Å²) in [7, 11) is 0. The first-order valence-corrected chi connectivity index (χ1v) is 19.7. The molecule has 6 N–H and O–H groups in total. The first kappa shape index (κ1) is 47.7. The van der Waals surface area contributed by atoms with E-state index in [9.17, 15) is 49.8 Å². The Morgan fingerprint density at radius 3 is 1.61 bits per heavy atom. The molecule has 0 aromatic carbocycles. The maximum atomic E-state index is 13.4. The number of unbranched alkanes of at least 4 members (excludes halogenated alkanes) is 9. The van der Waals surface area contributed by atoms with Gasteiger partial charge in [-0.1, -0.05) is 91.9 Å². The van der Waals surface area contributed by atoms with Crippen molar-refractivity contribution in [1.82, 2.24) is 0 Å². The van der Waals surface area contributed by atoms with E-state index in [2.05, 4.69) is 0 Å². The molecule has 54 heavy (non-hydrogen) atoms. The molecule has 1 aliphatic rings. The fourth-order valence-electron chi connectivity index (χ4n) is 5.65. The summed E-state index contributed by atoms with van der Waals surface area (Å²) in [4.78, 5) is 52.6. The van der Waals surface area contributed by atoms with E-state index in [-0.39, 0.29) is 25.7 Å². The van der Waals surface area contributed by atoms with Crippen molar-refractivity contribution < 1.29 is 79.6 Å². The average Bonchev–Trinajstić information content (AvgIpc) is 3.16. The number of hydrogen-bond donors (Lipinski definition) is 6. The van der Waals surface area contributed by atoms with Crippen LogP contribution in [0, 0.1) is 0 Å². The molecule has 11 atom stereocenters. The van der Waals surface area contributed by atoms with Crippen molar-refractivity contribution in [2.45, 2.75) is 205 Å². The van der Waals surface area contributed by atoms with Crippen molar-refractivity contribution >= 4 is 23.9 Å². The van der Waals surface area contributed by atoms with E-state index in [1.165, 1.54) is 0 Å². The van der Waals surface area contributed by atoms with Crippen LogP contribution >= 0.6 is 0 Å². The second-order valence-electron chi connectivity index (χ2n) is 13.7. The van der Waals surface area contributed by atoms with Crippen molar-refractivity contribution in [3.8, 4) is 0 Å². The predicted molar refractivity (Wildman–Crippen MR) is 193 cm³/mol. The molecule has 0 aromatic rings. The summed E-state index contributed by atoms with van der Waals surface area (Å²) in [6.45, 7) is 6.27. The first-order chi connectivity index (χ1) is 26.2. The molecule has 1 saturated heterocycles. The minimum atomic E-state index is -2.45. The van der Waals surface area contributed by atoms with E-state index in [0.717, 1.165) is 44.9 Å². The summed E-state index contributed by atoms with van der Waals surface area (Å²) in [5.74, 6) is -3.20. The summed E-state index contributed by atoms with van der Waals surface area (Å²) in [5.41, 5.74) is 0. The third-order valence-corrected chi connectivity index (χ3v) is 8.96. The molecule has 3 unspecified atom stereocenters. The van der Waals surface area contributed by atoms with Gasteiger partial charge in [0.2, 0.25) is 6.29 Å². The second kappa shape index (κ2) is 28.9. The summed E-state index contributed by atoms with van der Waals surface area (Å²) in [5, 5.41) is 61.2. The van der Waals surface area contributed by atoms with Crippen LogP contribution < -0.4 is 0 Å². The molecule has 0 amide bonds. The molecular formula is C38H68O16. The van der Waals surface area contributed by atoms with Crippen molar-refractivity contribution in [2.75, 3.05) is 13.2 Å². The van der Waals surface area contributed by atoms with Gasteiger partial charge < -0.3 is 59.1 Å². The Hall–Kier alpha value is -2.44. The number of rotatable bonds is 30. The molecule has 0 aromatic heterocycles. The van der Waals surface area contributed by atoms with Gasteiger partial charge in [-0.15, -0.1) is 0 Å². The van der Waals surface area contributed by atoms with E-state index in [4.69, 9.17) is 29.8 Å². The lowest BCUT2D eigenvalue weighted by atomic mass is 9.97. The van der Waals surface area contributed by atoms with Crippen LogP contribution in [-0.4, -0.2) is 129 Å². The maximum absolute atomic E-state index is 13.4. The van der Waals surface area contributed by atoms with Crippen molar-refractivity contribution in [2.24, 2.45) is 0 Å². The van der Waals surface area contributed by atoms with Crippen LogP contribution in [0.5, 0.6) is 0 Å². The molecule has 1 fully saturated rings. The van der Waals surface area contributed by atoms with Gasteiger partial charge in [0.1, 0.15) is 37.1 Å². The van der Waals surface area contributed by atoms with Gasteiger partial charge in [0.05, 0.1) is 6.61 Å². The fourth-order valence-corrected chi connectivity index (χ4v) is 5.65. The van der Waals surface area contributed by atoms with Crippen LogP contribution in [0.1, 0.15) is 145 Å². The first-order valence-electron chi connectivity index (χ1n) is 20.3. The Morgan fingerprint density at radius 2 is 1.07 bits per heavy atom. The Bertz CT molecular complexity index is 1080. The van der Waals surface area contributed by atoms with Gasteiger partial charge in [0, 0.05) is 27.0 Å². The molecule has 1 heterocycles. The zero-order chi connectivity index (χ0) is 41.3. The van der Waals surface area contributed by atoms with Gasteiger partial charge in [0.15, 0.2) is 24.6 Å². The SMILES string of the molecule is [2H]C(CCCCCC)C(=O)O[C@@H]1C(OC(O)[C@@H](O)[C@H](O)[C@H](O)[C@@H](O)CO)O[C@H](COC(=O)CCCCC)[C@@H](OC(=O)CCCCC)[C@@H]1OC(=O)CCCCC. The monoisotopic (exact) mass is 781 g/mol. The molecule has 16 heteroatoms. The minimum absolute atomic E-state index is 0.0349. The topological polar surface area (TPSA) is 245 Å². The van der Waals surface area contributed by atoms with Crippen molar-refractivity contribution in [3.05, 3.63) is 0 Å². The zero-order valence-corrected chi connectivity index (χ0v) is 32.6. The van der Waals surface area contributed by atoms with Crippen LogP contribution in [0.2, 0.25) is 0 Å². The molecule has 16 nitrogen and oxygen atoms in total. The zero-order valence-electron chi connectivity index (χ0n) is 33.6. The lowest BCUT2D eigenvalue weighted by Crippen LogP contribution is -2.64. The van der Waals surface area contributed by atoms with E-state index in [1.807, 2.05) is 27.7 Å². The molecule has 1 aliphatic heterocycles. The summed E-state index contributed by atoms with van der Waals surface area (Å²) in [6, 6.07) is 0. The Labute approximate surface area is 321 Å². The number of ether oxygens (including phenoxy) is 6. The number of esters is 4. The predicted octanol–water partition coefficient (Wildman–Crippen LogP) is 2.86. The summed E-state index contributed by atoms with van der Waals surface area (Å²) >= 11 is 0. The maximum Gasteiger partial charge on any atom is 0.306 e. The van der Waals surface area contributed by atoms with E-state index >= 15 is 0 Å². The van der Waals surface area contributed by atoms with Crippen LogP contribution in [0.3, 0.4) is 0 Å². The number of aliphatic hydroxyl groups excluding tert-OH is 6. The Kier molecular flexibility index (Phi) is 25.5. The number of hydrogen-bond acceptors (Lipinski definition) is 16. The second-order valence-corrected chi connectivity index (χ2v) is 13.7. The molecular weight excluding hydrogens is 712 g/mol. The van der Waals surface area contributed by atoms with Crippen molar-refractivity contribution in [3.63, 3.8) is 0 Å². The van der Waals surface area contributed by atoms with Gasteiger partial charge in [0.25, 0.3) is 0 Å². The number of carbonyl (C=O) groups excluding carboxylic acids is 4. The highest BCUT2D eigenvalue weighted by Crippen LogP contribution is 2.32. The number of aliphatic hydroxyl groups is 6. The highest BCUT2D eigenvalue weighted by Gasteiger charge is 2.54. The lowest BCUT2D eigenvalue weighted by Gasteiger charge is -2.45. The van der Waals surface area contributed by atoms with Crippen molar-refractivity contribution in [1.29, 1.82) is 0 Å². The molecule has 0 radical (unpaired) electrons. The summed E-state index contributed by atoms with van der Waals surface area (Å²) in [6.07, 6.45) is -12.0. The average molecular weight is 782 g/mol. The molecule has 316 valence electrons. The van der Waals surface area contributed by atoms with Gasteiger partial charge in [-0.2, -0.15) is 0 Å².